The molecule has 0 aliphatic carbocycles. The molecular weight excluding hydrogens is 346 g/mol. The largest absolute Gasteiger partial charge is 0.481 e. The quantitative estimate of drug-likeness (QED) is 0.547. The second-order valence-corrected chi connectivity index (χ2v) is 6.31. The van der Waals surface area contributed by atoms with Gasteiger partial charge in [0, 0.05) is 0 Å². The van der Waals surface area contributed by atoms with Gasteiger partial charge in [-0.25, -0.2) is 0 Å². The van der Waals surface area contributed by atoms with Gasteiger partial charge in [0.2, 0.25) is 0 Å². The number of carbonyl (C=O) groups is 2. The molecule has 4 N–H and O–H groups in total. The lowest BCUT2D eigenvalue weighted by molar-refractivity contribution is -0.143. The molecule has 2 atom stereocenters. The summed E-state index contributed by atoms with van der Waals surface area (Å²) >= 11 is 0. The van der Waals surface area contributed by atoms with E-state index in [1.165, 1.54) is 0 Å². The number of carboxylic acids is 2. The predicted molar refractivity (Wildman–Crippen MR) is 101 cm³/mol. The molecule has 7 heteroatoms. The van der Waals surface area contributed by atoms with Crippen LogP contribution >= 0.6 is 0 Å². The fraction of sp³-hybridized carbons (Fsp3) is 0.300. The van der Waals surface area contributed by atoms with Gasteiger partial charge in [-0.1, -0.05) is 30.3 Å². The first-order valence-corrected chi connectivity index (χ1v) is 8.72. The SMILES string of the molecule is N[C@@H](C[C@@H](CCCc1ccc(N=Nc2ccccc2)cc1)C(=O)O)C(=O)O. The van der Waals surface area contributed by atoms with Gasteiger partial charge in [0.1, 0.15) is 6.04 Å². The number of nitrogens with zero attached hydrogens (tertiary/aromatic N) is 2. The number of hydrogen-bond donors (Lipinski definition) is 3. The van der Waals surface area contributed by atoms with Crippen LogP contribution in [0.15, 0.2) is 64.8 Å². The van der Waals surface area contributed by atoms with E-state index in [-0.39, 0.29) is 6.42 Å². The molecule has 2 rings (SSSR count). The van der Waals surface area contributed by atoms with Crippen LogP contribution in [-0.2, 0) is 16.0 Å². The minimum absolute atomic E-state index is 0.0660. The summed E-state index contributed by atoms with van der Waals surface area (Å²) in [5.41, 5.74) is 8.01. The summed E-state index contributed by atoms with van der Waals surface area (Å²) in [4.78, 5) is 22.1. The third-order valence-electron chi connectivity index (χ3n) is 4.20. The van der Waals surface area contributed by atoms with Crippen LogP contribution < -0.4 is 5.73 Å². The molecule has 0 amide bonds. The number of benzene rings is 2. The standard InChI is InChI=1S/C20H23N3O4/c21-18(20(26)27)13-15(19(24)25)6-4-5-14-9-11-17(12-10-14)23-22-16-7-2-1-3-8-16/h1-3,7-12,15,18H,4-6,13,21H2,(H,24,25)(H,26,27)/t15-,18+/m1/s1. The highest BCUT2D eigenvalue weighted by Crippen LogP contribution is 2.20. The molecule has 0 bridgehead atoms. The first-order valence-electron chi connectivity index (χ1n) is 8.72. The topological polar surface area (TPSA) is 125 Å². The Labute approximate surface area is 157 Å². The minimum Gasteiger partial charge on any atom is -0.481 e. The third-order valence-corrected chi connectivity index (χ3v) is 4.20. The number of carboxylic acid groups (broad SMARTS) is 2. The molecule has 0 fully saturated rings. The van der Waals surface area contributed by atoms with Gasteiger partial charge in [-0.15, -0.1) is 0 Å². The summed E-state index contributed by atoms with van der Waals surface area (Å²) in [5, 5.41) is 26.4. The van der Waals surface area contributed by atoms with Crippen LogP contribution in [0.4, 0.5) is 11.4 Å². The molecule has 2 aromatic rings. The third kappa shape index (κ3) is 6.99. The van der Waals surface area contributed by atoms with Gasteiger partial charge in [-0.2, -0.15) is 10.2 Å². The number of nitrogens with two attached hydrogens (primary N) is 1. The highest BCUT2D eigenvalue weighted by molar-refractivity contribution is 5.75. The van der Waals surface area contributed by atoms with Crippen molar-refractivity contribution in [1.82, 2.24) is 0 Å². The maximum Gasteiger partial charge on any atom is 0.320 e. The zero-order chi connectivity index (χ0) is 19.6. The average Bonchev–Trinajstić information content (AvgIpc) is 2.67. The van der Waals surface area contributed by atoms with Crippen molar-refractivity contribution in [2.24, 2.45) is 21.9 Å². The minimum atomic E-state index is -1.18. The Morgan fingerprint density at radius 3 is 2.04 bits per heavy atom. The van der Waals surface area contributed by atoms with Gasteiger partial charge in [0.25, 0.3) is 0 Å². The lowest BCUT2D eigenvalue weighted by Gasteiger charge is -2.14. The first-order chi connectivity index (χ1) is 13.0. The van der Waals surface area contributed by atoms with Crippen LogP contribution in [0.25, 0.3) is 0 Å². The van der Waals surface area contributed by atoms with E-state index in [1.54, 1.807) is 0 Å². The van der Waals surface area contributed by atoms with Gasteiger partial charge >= 0.3 is 11.9 Å². The molecule has 2 aromatic carbocycles. The Morgan fingerprint density at radius 2 is 1.48 bits per heavy atom. The number of azo groups is 1. The molecule has 142 valence electrons. The molecule has 0 saturated heterocycles. The molecule has 0 aliphatic rings. The van der Waals surface area contributed by atoms with Crippen LogP contribution in [0.2, 0.25) is 0 Å². The van der Waals surface area contributed by atoms with Crippen LogP contribution in [-0.4, -0.2) is 28.2 Å². The van der Waals surface area contributed by atoms with Gasteiger partial charge in [0.05, 0.1) is 17.3 Å². The van der Waals surface area contributed by atoms with E-state index in [1.807, 2.05) is 54.6 Å². The van der Waals surface area contributed by atoms with Crippen molar-refractivity contribution in [2.45, 2.75) is 31.7 Å². The zero-order valence-corrected chi connectivity index (χ0v) is 14.9. The van der Waals surface area contributed by atoms with E-state index in [9.17, 15) is 14.7 Å². The fourth-order valence-electron chi connectivity index (χ4n) is 2.64. The second kappa shape index (κ2) is 10.2. The summed E-state index contributed by atoms with van der Waals surface area (Å²) in [5.74, 6) is -2.94. The van der Waals surface area contributed by atoms with Crippen LogP contribution in [0, 0.1) is 5.92 Å². The van der Waals surface area contributed by atoms with E-state index < -0.39 is 23.9 Å². The second-order valence-electron chi connectivity index (χ2n) is 6.31. The van der Waals surface area contributed by atoms with Crippen LogP contribution in [0.3, 0.4) is 0 Å². The summed E-state index contributed by atoms with van der Waals surface area (Å²) in [6, 6.07) is 15.9. The number of rotatable bonds is 10. The Balaban J connectivity index is 1.84. The monoisotopic (exact) mass is 369 g/mol. The predicted octanol–water partition coefficient (Wildman–Crippen LogP) is 3.93. The van der Waals surface area contributed by atoms with Crippen molar-refractivity contribution in [3.63, 3.8) is 0 Å². The normalized spacial score (nSPS) is 13.4. The average molecular weight is 369 g/mol. The summed E-state index contributed by atoms with van der Waals surface area (Å²) < 4.78 is 0. The van der Waals surface area contributed by atoms with Crippen molar-refractivity contribution < 1.29 is 19.8 Å². The highest BCUT2D eigenvalue weighted by Gasteiger charge is 2.23. The van der Waals surface area contributed by atoms with Crippen LogP contribution in [0.1, 0.15) is 24.8 Å². The molecule has 0 saturated carbocycles. The number of aliphatic carboxylic acids is 2. The summed E-state index contributed by atoms with van der Waals surface area (Å²) in [7, 11) is 0. The molecule has 27 heavy (non-hydrogen) atoms. The Morgan fingerprint density at radius 1 is 0.889 bits per heavy atom. The molecule has 0 aromatic heterocycles. The zero-order valence-electron chi connectivity index (χ0n) is 14.9. The van der Waals surface area contributed by atoms with Crippen molar-refractivity contribution in [3.05, 3.63) is 60.2 Å². The van der Waals surface area contributed by atoms with Gasteiger partial charge in [-0.3, -0.25) is 9.59 Å². The molecule has 0 unspecified atom stereocenters. The van der Waals surface area contributed by atoms with Gasteiger partial charge in [-0.05, 0) is 55.5 Å². The smallest absolute Gasteiger partial charge is 0.320 e. The van der Waals surface area contributed by atoms with E-state index >= 15 is 0 Å². The van der Waals surface area contributed by atoms with Crippen molar-refractivity contribution >= 4 is 23.3 Å². The highest BCUT2D eigenvalue weighted by atomic mass is 16.4. The molecule has 0 spiro atoms. The van der Waals surface area contributed by atoms with E-state index in [0.717, 1.165) is 16.9 Å². The Kier molecular flexibility index (Phi) is 7.63. The van der Waals surface area contributed by atoms with Crippen molar-refractivity contribution in [2.75, 3.05) is 0 Å². The van der Waals surface area contributed by atoms with E-state index in [0.29, 0.717) is 19.3 Å². The van der Waals surface area contributed by atoms with Gasteiger partial charge < -0.3 is 15.9 Å². The molecule has 0 radical (unpaired) electrons. The Hall–Kier alpha value is -3.06. The van der Waals surface area contributed by atoms with E-state index in [4.69, 9.17) is 10.8 Å². The van der Waals surface area contributed by atoms with Gasteiger partial charge in [0.15, 0.2) is 0 Å². The summed E-state index contributed by atoms with van der Waals surface area (Å²) in [6.45, 7) is 0. The number of hydrogen-bond acceptors (Lipinski definition) is 5. The molecule has 7 nitrogen and oxygen atoms in total. The number of aryl methyl sites for hydroxylation is 1. The van der Waals surface area contributed by atoms with Crippen LogP contribution in [0.5, 0.6) is 0 Å². The summed E-state index contributed by atoms with van der Waals surface area (Å²) in [6.07, 6.45) is 1.64. The molecular formula is C20H23N3O4. The first kappa shape index (κ1) is 20.3. The Bertz CT molecular complexity index is 776. The fourth-order valence-corrected chi connectivity index (χ4v) is 2.64. The lowest BCUT2D eigenvalue weighted by Crippen LogP contribution is -2.34. The van der Waals surface area contributed by atoms with Crippen molar-refractivity contribution in [3.8, 4) is 0 Å². The lowest BCUT2D eigenvalue weighted by atomic mass is 9.93. The maximum absolute atomic E-state index is 11.3. The molecule has 0 aliphatic heterocycles. The van der Waals surface area contributed by atoms with E-state index in [2.05, 4.69) is 10.2 Å². The maximum atomic E-state index is 11.3. The van der Waals surface area contributed by atoms with Crippen molar-refractivity contribution in [1.29, 1.82) is 0 Å². The molecule has 0 heterocycles.